The highest BCUT2D eigenvalue weighted by atomic mass is 31.2. The maximum absolute atomic E-state index is 12.5. The number of carbonyl (C=O) groups is 2. The van der Waals surface area contributed by atoms with Gasteiger partial charge in [-0.15, -0.1) is 0 Å². The summed E-state index contributed by atoms with van der Waals surface area (Å²) in [6, 6.07) is 0. The van der Waals surface area contributed by atoms with Gasteiger partial charge < -0.3 is 29.1 Å². The first-order chi connectivity index (χ1) is 21.0. The number of phosphoric ester groups is 1. The molecule has 0 bridgehead atoms. The number of hydrogen-bond acceptors (Lipinski definition) is 9. The topological polar surface area (TPSA) is 149 Å². The highest BCUT2D eigenvalue weighted by Crippen LogP contribution is 2.43. The first-order valence-electron chi connectivity index (χ1n) is 17.0. The van der Waals surface area contributed by atoms with Crippen molar-refractivity contribution in [1.82, 2.24) is 0 Å². The Bertz CT molecular complexity index is 747. The van der Waals surface area contributed by atoms with Crippen molar-refractivity contribution < 1.29 is 52.3 Å². The van der Waals surface area contributed by atoms with Crippen LogP contribution in [0.5, 0.6) is 0 Å². The molecule has 0 aromatic carbocycles. The molecule has 1 unspecified atom stereocenters. The molecule has 44 heavy (non-hydrogen) atoms. The number of aliphatic hydroxyl groups is 2. The van der Waals surface area contributed by atoms with E-state index in [0.29, 0.717) is 23.9 Å². The molecule has 0 saturated carbocycles. The van der Waals surface area contributed by atoms with Gasteiger partial charge in [-0.05, 0) is 25.7 Å². The second kappa shape index (κ2) is 28.2. The van der Waals surface area contributed by atoms with Crippen LogP contribution in [-0.2, 0) is 32.7 Å². The van der Waals surface area contributed by atoms with Crippen molar-refractivity contribution in [1.29, 1.82) is 0 Å². The summed E-state index contributed by atoms with van der Waals surface area (Å²) in [6.07, 6.45) is 17.7. The predicted molar refractivity (Wildman–Crippen MR) is 172 cm³/mol. The molecular formula is C32H65NO10P+. The van der Waals surface area contributed by atoms with Crippen LogP contribution in [0.1, 0.15) is 128 Å². The lowest BCUT2D eigenvalue weighted by Crippen LogP contribution is -2.37. The Morgan fingerprint density at radius 2 is 1.02 bits per heavy atom. The van der Waals surface area contributed by atoms with Crippen molar-refractivity contribution in [3.63, 3.8) is 0 Å². The van der Waals surface area contributed by atoms with Crippen LogP contribution < -0.4 is 0 Å². The van der Waals surface area contributed by atoms with Crippen LogP contribution >= 0.6 is 7.82 Å². The standard InChI is InChI=1S/C32H64NO10P/c1-33(2,3)24-27-41-44(38,39)42-29-30(43-32(37)23-19-15-11-7-5-9-13-17-21-26-35)28-40-31(36)22-18-14-10-6-4-8-12-16-20-25-34/h30,34-35H,4-29H2,1-3H3/p+1/t30-/m1/s1. The van der Waals surface area contributed by atoms with Gasteiger partial charge in [0, 0.05) is 26.1 Å². The molecule has 0 radical (unpaired) electrons. The van der Waals surface area contributed by atoms with Gasteiger partial charge in [0.2, 0.25) is 0 Å². The molecule has 0 saturated heterocycles. The van der Waals surface area contributed by atoms with Gasteiger partial charge in [0.15, 0.2) is 6.10 Å². The molecule has 0 aliphatic heterocycles. The third-order valence-electron chi connectivity index (χ3n) is 7.25. The quantitative estimate of drug-likeness (QED) is 0.0338. The van der Waals surface area contributed by atoms with E-state index in [4.69, 9.17) is 28.7 Å². The van der Waals surface area contributed by atoms with E-state index in [1.165, 1.54) is 6.42 Å². The van der Waals surface area contributed by atoms with Gasteiger partial charge in [0.1, 0.15) is 19.8 Å². The molecule has 0 heterocycles. The molecule has 0 aromatic rings. The fourth-order valence-corrected chi connectivity index (χ4v) is 5.24. The molecule has 0 aliphatic carbocycles. The molecule has 0 spiro atoms. The number of nitrogens with zero attached hydrogens (tertiary/aromatic N) is 1. The molecule has 0 amide bonds. The molecule has 262 valence electrons. The average Bonchev–Trinajstić information content (AvgIpc) is 2.95. The van der Waals surface area contributed by atoms with Crippen molar-refractivity contribution in [3.05, 3.63) is 0 Å². The summed E-state index contributed by atoms with van der Waals surface area (Å²) < 4.78 is 33.9. The Hall–Kier alpha value is -1.07. The normalized spacial score (nSPS) is 13.9. The minimum absolute atomic E-state index is 0.0170. The molecule has 0 aromatic heterocycles. The Balaban J connectivity index is 4.47. The number of unbranched alkanes of at least 4 members (excludes halogenated alkanes) is 16. The van der Waals surface area contributed by atoms with Crippen molar-refractivity contribution in [2.24, 2.45) is 0 Å². The van der Waals surface area contributed by atoms with Crippen LogP contribution in [0.2, 0.25) is 0 Å². The van der Waals surface area contributed by atoms with Crippen LogP contribution in [0.15, 0.2) is 0 Å². The SMILES string of the molecule is C[N+](C)(C)CCOP(=O)(O)OC[C@@H](COC(=O)CCCCCCCCCCCO)OC(=O)CCCCCCCCCCCO. The van der Waals surface area contributed by atoms with Gasteiger partial charge in [-0.25, -0.2) is 4.57 Å². The summed E-state index contributed by atoms with van der Waals surface area (Å²) >= 11 is 0. The molecule has 0 fully saturated rings. The Morgan fingerprint density at radius 3 is 1.45 bits per heavy atom. The highest BCUT2D eigenvalue weighted by molar-refractivity contribution is 7.47. The Morgan fingerprint density at radius 1 is 0.614 bits per heavy atom. The third-order valence-corrected chi connectivity index (χ3v) is 8.23. The van der Waals surface area contributed by atoms with Crippen LogP contribution in [-0.4, -0.2) is 98.4 Å². The lowest BCUT2D eigenvalue weighted by Gasteiger charge is -2.24. The molecule has 0 rings (SSSR count). The van der Waals surface area contributed by atoms with E-state index >= 15 is 0 Å². The maximum atomic E-state index is 12.5. The summed E-state index contributed by atoms with van der Waals surface area (Å²) in [6.45, 7) is 0.347. The van der Waals surface area contributed by atoms with Gasteiger partial charge in [0.05, 0.1) is 27.7 Å². The number of carbonyl (C=O) groups excluding carboxylic acids is 2. The molecule has 2 atom stereocenters. The lowest BCUT2D eigenvalue weighted by atomic mass is 10.1. The number of likely N-dealkylation sites (N-methyl/N-ethyl adjacent to an activating group) is 1. The number of quaternary nitrogens is 1. The van der Waals surface area contributed by atoms with E-state index in [1.807, 2.05) is 21.1 Å². The number of esters is 2. The lowest BCUT2D eigenvalue weighted by molar-refractivity contribution is -0.870. The smallest absolute Gasteiger partial charge is 0.462 e. The largest absolute Gasteiger partial charge is 0.472 e. The fourth-order valence-electron chi connectivity index (χ4n) is 4.50. The minimum Gasteiger partial charge on any atom is -0.462 e. The molecule has 12 heteroatoms. The van der Waals surface area contributed by atoms with Crippen LogP contribution in [0.25, 0.3) is 0 Å². The average molecular weight is 655 g/mol. The van der Waals surface area contributed by atoms with Gasteiger partial charge in [-0.3, -0.25) is 18.6 Å². The monoisotopic (exact) mass is 654 g/mol. The number of ether oxygens (including phenoxy) is 2. The van der Waals surface area contributed by atoms with Gasteiger partial charge in [-0.2, -0.15) is 0 Å². The summed E-state index contributed by atoms with van der Waals surface area (Å²) in [5.41, 5.74) is 0. The number of phosphoric acid groups is 1. The van der Waals surface area contributed by atoms with E-state index in [0.717, 1.165) is 96.3 Å². The first kappa shape index (κ1) is 42.9. The van der Waals surface area contributed by atoms with Crippen molar-refractivity contribution in [2.45, 2.75) is 135 Å². The Kier molecular flexibility index (Phi) is 27.5. The summed E-state index contributed by atoms with van der Waals surface area (Å²) in [7, 11) is 1.42. The van der Waals surface area contributed by atoms with E-state index in [-0.39, 0.29) is 39.3 Å². The zero-order chi connectivity index (χ0) is 32.9. The maximum Gasteiger partial charge on any atom is 0.472 e. The van der Waals surface area contributed by atoms with E-state index in [9.17, 15) is 19.0 Å². The van der Waals surface area contributed by atoms with E-state index in [1.54, 1.807) is 0 Å². The van der Waals surface area contributed by atoms with Gasteiger partial charge in [-0.1, -0.05) is 89.9 Å². The van der Waals surface area contributed by atoms with Gasteiger partial charge >= 0.3 is 19.8 Å². The zero-order valence-corrected chi connectivity index (χ0v) is 29.0. The van der Waals surface area contributed by atoms with Gasteiger partial charge in [0.25, 0.3) is 0 Å². The van der Waals surface area contributed by atoms with E-state index < -0.39 is 32.5 Å². The zero-order valence-electron chi connectivity index (χ0n) is 28.1. The fraction of sp³-hybridized carbons (Fsp3) is 0.938. The molecule has 11 nitrogen and oxygen atoms in total. The number of rotatable bonds is 32. The summed E-state index contributed by atoms with van der Waals surface area (Å²) in [4.78, 5) is 34.9. The van der Waals surface area contributed by atoms with Crippen molar-refractivity contribution >= 4 is 19.8 Å². The molecular weight excluding hydrogens is 589 g/mol. The highest BCUT2D eigenvalue weighted by Gasteiger charge is 2.27. The van der Waals surface area contributed by atoms with Crippen LogP contribution in [0.4, 0.5) is 0 Å². The van der Waals surface area contributed by atoms with Crippen molar-refractivity contribution in [2.75, 3.05) is 60.7 Å². The summed E-state index contributed by atoms with van der Waals surface area (Å²) in [5, 5.41) is 17.6. The third kappa shape index (κ3) is 30.9. The van der Waals surface area contributed by atoms with Crippen molar-refractivity contribution in [3.8, 4) is 0 Å². The molecule has 3 N–H and O–H groups in total. The minimum atomic E-state index is -4.37. The first-order valence-corrected chi connectivity index (χ1v) is 18.5. The predicted octanol–water partition coefficient (Wildman–Crippen LogP) is 6.07. The van der Waals surface area contributed by atoms with Crippen LogP contribution in [0.3, 0.4) is 0 Å². The molecule has 0 aliphatic rings. The second-order valence-corrected chi connectivity index (χ2v) is 14.2. The number of aliphatic hydroxyl groups excluding tert-OH is 2. The Labute approximate surface area is 267 Å². The summed E-state index contributed by atoms with van der Waals surface area (Å²) in [5.74, 6) is -0.869. The number of hydrogen-bond donors (Lipinski definition) is 3. The second-order valence-electron chi connectivity index (χ2n) is 12.7. The van der Waals surface area contributed by atoms with E-state index in [2.05, 4.69) is 0 Å². The van der Waals surface area contributed by atoms with Crippen LogP contribution in [0, 0.1) is 0 Å².